The first-order chi connectivity index (χ1) is 11.7. The summed E-state index contributed by atoms with van der Waals surface area (Å²) in [6.45, 7) is 2.01. The third-order valence-corrected chi connectivity index (χ3v) is 4.97. The van der Waals surface area contributed by atoms with E-state index in [0.29, 0.717) is 5.75 Å². The first-order valence-corrected chi connectivity index (χ1v) is 9.68. The summed E-state index contributed by atoms with van der Waals surface area (Å²) >= 11 is 3.03. The molecular formula is C16H17N5OS2. The van der Waals surface area contributed by atoms with E-state index in [4.69, 9.17) is 0 Å². The van der Waals surface area contributed by atoms with Gasteiger partial charge in [-0.05, 0) is 36.6 Å². The number of rotatable bonds is 6. The summed E-state index contributed by atoms with van der Waals surface area (Å²) in [5, 5.41) is 16.3. The molecule has 0 aliphatic rings. The number of hydrogen-bond acceptors (Lipinski definition) is 6. The van der Waals surface area contributed by atoms with E-state index >= 15 is 0 Å². The molecule has 8 heteroatoms. The van der Waals surface area contributed by atoms with Gasteiger partial charge in [-0.15, -0.1) is 22.0 Å². The molecule has 24 heavy (non-hydrogen) atoms. The van der Waals surface area contributed by atoms with E-state index in [9.17, 15) is 4.79 Å². The Morgan fingerprint density at radius 1 is 1.25 bits per heavy atom. The van der Waals surface area contributed by atoms with Crippen molar-refractivity contribution in [1.82, 2.24) is 19.8 Å². The molecule has 2 aromatic heterocycles. The summed E-state index contributed by atoms with van der Waals surface area (Å²) < 4.78 is 1.72. The minimum absolute atomic E-state index is 0.0559. The number of thioether (sulfide) groups is 2. The molecule has 1 amide bonds. The average Bonchev–Trinajstić information content (AvgIpc) is 3.02. The first-order valence-electron chi connectivity index (χ1n) is 7.47. The number of amides is 1. The highest BCUT2D eigenvalue weighted by Crippen LogP contribution is 2.20. The van der Waals surface area contributed by atoms with Crippen LogP contribution >= 0.6 is 23.5 Å². The second kappa shape index (κ2) is 7.67. The highest BCUT2D eigenvalue weighted by molar-refractivity contribution is 8.00. The van der Waals surface area contributed by atoms with Gasteiger partial charge in [0.25, 0.3) is 0 Å². The molecule has 0 saturated heterocycles. The van der Waals surface area contributed by atoms with Gasteiger partial charge in [-0.2, -0.15) is 9.61 Å². The standard InChI is InChI=1S/C16H17N5OS2/c1-3-13-18-19-14-7-8-16(20-21(13)14)24-10-15(22)17-11-5-4-6-12(9-11)23-2/h4-9H,3,10H2,1-2H3,(H,17,22). The van der Waals surface area contributed by atoms with E-state index < -0.39 is 0 Å². The van der Waals surface area contributed by atoms with Crippen LogP contribution in [0, 0.1) is 0 Å². The number of fused-ring (bicyclic) bond motifs is 1. The zero-order valence-electron chi connectivity index (χ0n) is 13.4. The lowest BCUT2D eigenvalue weighted by atomic mass is 10.3. The quantitative estimate of drug-likeness (QED) is 0.682. The first kappa shape index (κ1) is 16.8. The summed E-state index contributed by atoms with van der Waals surface area (Å²) in [4.78, 5) is 13.2. The van der Waals surface area contributed by atoms with Crippen molar-refractivity contribution >= 4 is 40.8 Å². The van der Waals surface area contributed by atoms with E-state index in [1.807, 2.05) is 49.6 Å². The number of benzene rings is 1. The van der Waals surface area contributed by atoms with Crippen LogP contribution in [0.3, 0.4) is 0 Å². The van der Waals surface area contributed by atoms with Gasteiger partial charge in [0.05, 0.1) is 5.75 Å². The van der Waals surface area contributed by atoms with Gasteiger partial charge in [0.2, 0.25) is 5.91 Å². The van der Waals surface area contributed by atoms with Crippen LogP contribution < -0.4 is 5.32 Å². The number of nitrogens with zero attached hydrogens (tertiary/aromatic N) is 4. The molecular weight excluding hydrogens is 342 g/mol. The zero-order valence-corrected chi connectivity index (χ0v) is 15.0. The molecule has 124 valence electrons. The van der Waals surface area contributed by atoms with Gasteiger partial charge in [0, 0.05) is 17.0 Å². The molecule has 0 radical (unpaired) electrons. The third-order valence-electron chi connectivity index (χ3n) is 3.32. The fraction of sp³-hybridized carbons (Fsp3) is 0.250. The summed E-state index contributed by atoms with van der Waals surface area (Å²) in [7, 11) is 0. The van der Waals surface area contributed by atoms with Gasteiger partial charge in [0.15, 0.2) is 11.5 Å². The number of nitrogens with one attached hydrogen (secondary N) is 1. The molecule has 3 aromatic rings. The molecule has 0 atom stereocenters. The van der Waals surface area contributed by atoms with Crippen LogP contribution in [0.4, 0.5) is 5.69 Å². The molecule has 0 aliphatic heterocycles. The Bertz CT molecular complexity index is 865. The Hall–Kier alpha value is -2.06. The van der Waals surface area contributed by atoms with E-state index in [2.05, 4.69) is 20.6 Å². The third kappa shape index (κ3) is 3.88. The molecule has 2 heterocycles. The minimum atomic E-state index is -0.0559. The molecule has 6 nitrogen and oxygen atoms in total. The molecule has 0 unspecified atom stereocenters. The van der Waals surface area contributed by atoms with Gasteiger partial charge in [-0.1, -0.05) is 24.8 Å². The van der Waals surface area contributed by atoms with E-state index in [1.54, 1.807) is 16.3 Å². The number of aromatic nitrogens is 4. The average molecular weight is 359 g/mol. The molecule has 1 N–H and O–H groups in total. The van der Waals surface area contributed by atoms with E-state index in [1.165, 1.54) is 11.8 Å². The summed E-state index contributed by atoms with van der Waals surface area (Å²) in [6, 6.07) is 11.5. The number of hydrogen-bond donors (Lipinski definition) is 1. The van der Waals surface area contributed by atoms with Crippen LogP contribution in [-0.4, -0.2) is 37.7 Å². The fourth-order valence-electron chi connectivity index (χ4n) is 2.15. The minimum Gasteiger partial charge on any atom is -0.325 e. The Labute approximate surface area is 148 Å². The Morgan fingerprint density at radius 2 is 2.12 bits per heavy atom. The second-order valence-electron chi connectivity index (χ2n) is 4.98. The molecule has 0 bridgehead atoms. The van der Waals surface area contributed by atoms with Crippen LogP contribution in [0.15, 0.2) is 46.3 Å². The maximum Gasteiger partial charge on any atom is 0.234 e. The van der Waals surface area contributed by atoms with Gasteiger partial charge in [0.1, 0.15) is 5.03 Å². The topological polar surface area (TPSA) is 72.2 Å². The molecule has 0 saturated carbocycles. The summed E-state index contributed by atoms with van der Waals surface area (Å²) in [6.07, 6.45) is 2.77. The van der Waals surface area contributed by atoms with Crippen molar-refractivity contribution in [2.75, 3.05) is 17.3 Å². The maximum absolute atomic E-state index is 12.1. The molecule has 0 fully saturated rings. The predicted molar refractivity (Wildman–Crippen MR) is 97.7 cm³/mol. The SMILES string of the molecule is CCc1nnc2ccc(SCC(=O)Nc3cccc(SC)c3)nn12. The van der Waals surface area contributed by atoms with Gasteiger partial charge in [-0.3, -0.25) is 4.79 Å². The number of carbonyl (C=O) groups is 1. The highest BCUT2D eigenvalue weighted by Gasteiger charge is 2.08. The largest absolute Gasteiger partial charge is 0.325 e. The van der Waals surface area contributed by atoms with Gasteiger partial charge < -0.3 is 5.32 Å². The zero-order chi connectivity index (χ0) is 16.9. The van der Waals surface area contributed by atoms with Crippen molar-refractivity contribution in [3.63, 3.8) is 0 Å². The Balaban J connectivity index is 1.63. The summed E-state index contributed by atoms with van der Waals surface area (Å²) in [5.74, 6) is 1.05. The number of anilines is 1. The fourth-order valence-corrected chi connectivity index (χ4v) is 3.27. The maximum atomic E-state index is 12.1. The van der Waals surface area contributed by atoms with E-state index in [-0.39, 0.29) is 5.91 Å². The van der Waals surface area contributed by atoms with E-state index in [0.717, 1.165) is 33.5 Å². The molecule has 0 spiro atoms. The van der Waals surface area contributed by atoms with Gasteiger partial charge >= 0.3 is 0 Å². The normalized spacial score (nSPS) is 10.9. The van der Waals surface area contributed by atoms with Crippen molar-refractivity contribution in [3.8, 4) is 0 Å². The van der Waals surface area contributed by atoms with Crippen molar-refractivity contribution in [3.05, 3.63) is 42.2 Å². The Morgan fingerprint density at radius 3 is 2.92 bits per heavy atom. The Kier molecular flexibility index (Phi) is 5.37. The lowest BCUT2D eigenvalue weighted by molar-refractivity contribution is -0.113. The van der Waals surface area contributed by atoms with Crippen molar-refractivity contribution in [1.29, 1.82) is 0 Å². The highest BCUT2D eigenvalue weighted by atomic mass is 32.2. The van der Waals surface area contributed by atoms with Crippen molar-refractivity contribution < 1.29 is 4.79 Å². The smallest absolute Gasteiger partial charge is 0.234 e. The monoisotopic (exact) mass is 359 g/mol. The van der Waals surface area contributed by atoms with Crippen LogP contribution in [-0.2, 0) is 11.2 Å². The number of carbonyl (C=O) groups excluding carboxylic acids is 1. The van der Waals surface area contributed by atoms with Crippen molar-refractivity contribution in [2.45, 2.75) is 23.3 Å². The molecule has 0 aliphatic carbocycles. The van der Waals surface area contributed by atoms with Crippen LogP contribution in [0.5, 0.6) is 0 Å². The second-order valence-corrected chi connectivity index (χ2v) is 6.86. The predicted octanol–water partition coefficient (Wildman–Crippen LogP) is 3.14. The number of aryl methyl sites for hydroxylation is 1. The van der Waals surface area contributed by atoms with Crippen LogP contribution in [0.2, 0.25) is 0 Å². The lowest BCUT2D eigenvalue weighted by Crippen LogP contribution is -2.14. The van der Waals surface area contributed by atoms with Crippen molar-refractivity contribution in [2.24, 2.45) is 0 Å². The van der Waals surface area contributed by atoms with Crippen LogP contribution in [0.25, 0.3) is 5.65 Å². The molecule has 1 aromatic carbocycles. The lowest BCUT2D eigenvalue weighted by Gasteiger charge is -2.06. The summed E-state index contributed by atoms with van der Waals surface area (Å²) in [5.41, 5.74) is 1.53. The van der Waals surface area contributed by atoms with Crippen LogP contribution in [0.1, 0.15) is 12.7 Å². The molecule has 3 rings (SSSR count). The van der Waals surface area contributed by atoms with Gasteiger partial charge in [-0.25, -0.2) is 0 Å².